The fraction of sp³-hybridized carbons (Fsp3) is 0.475. The van der Waals surface area contributed by atoms with E-state index in [0.717, 1.165) is 86.8 Å². The first kappa shape index (κ1) is 37.0. The Balaban J connectivity index is 0.750. The number of benzene rings is 2. The van der Waals surface area contributed by atoms with E-state index in [1.165, 1.54) is 6.07 Å². The lowest BCUT2D eigenvalue weighted by molar-refractivity contribution is -0.137. The van der Waals surface area contributed by atoms with E-state index in [0.29, 0.717) is 24.9 Å². The van der Waals surface area contributed by atoms with Crippen molar-refractivity contribution in [3.8, 4) is 0 Å². The number of rotatable bonds is 8. The number of halogens is 3. The molecule has 5 aliphatic heterocycles. The minimum absolute atomic E-state index is 0.00736. The van der Waals surface area contributed by atoms with Crippen molar-refractivity contribution in [2.45, 2.75) is 80.7 Å². The zero-order chi connectivity index (χ0) is 39.8. The molecule has 17 heteroatoms. The molecular formula is C40H40F3N9O5. The van der Waals surface area contributed by atoms with Crippen molar-refractivity contribution in [2.24, 2.45) is 0 Å². The summed E-state index contributed by atoms with van der Waals surface area (Å²) in [5.41, 5.74) is -0.109. The van der Waals surface area contributed by atoms with Gasteiger partial charge in [-0.15, -0.1) is 0 Å². The summed E-state index contributed by atoms with van der Waals surface area (Å²) in [6, 6.07) is 8.31. The Morgan fingerprint density at radius 3 is 2.30 bits per heavy atom. The molecule has 0 radical (unpaired) electrons. The van der Waals surface area contributed by atoms with Gasteiger partial charge >= 0.3 is 6.18 Å². The molecule has 296 valence electrons. The number of imide groups is 2. The van der Waals surface area contributed by atoms with Gasteiger partial charge in [0.2, 0.25) is 11.8 Å². The molecule has 2 N–H and O–H groups in total. The maximum absolute atomic E-state index is 13.5. The third-order valence-electron chi connectivity index (χ3n) is 12.9. The molecule has 9 rings (SSSR count). The molecule has 57 heavy (non-hydrogen) atoms. The van der Waals surface area contributed by atoms with Crippen LogP contribution in [0.3, 0.4) is 0 Å². The standard InChI is InChI=1S/C40H40F3N9O5/c1-44-32-6-3-25(15-31(32)40(41,42)43)46-38(57)39(11-2-12-39)51-18-24(17-45-51)23-9-13-48(14-10-23)27-19-50(20-27)28-21-49(22-28)26-4-5-29-30(16-26)37(56)52(36(29)55)33-7-8-34(53)47-35(33)54/h3-6,15-18,23,27-28,33H,2,7-14,19-22H2,(H,46,57)(H,47,53,54). The van der Waals surface area contributed by atoms with Gasteiger partial charge in [-0.05, 0) is 93.4 Å². The van der Waals surface area contributed by atoms with Crippen LogP contribution in [0.5, 0.6) is 0 Å². The second kappa shape index (κ2) is 13.8. The predicted molar refractivity (Wildman–Crippen MR) is 198 cm³/mol. The Hall–Kier alpha value is -5.60. The van der Waals surface area contributed by atoms with E-state index in [1.54, 1.807) is 16.8 Å². The first-order valence-electron chi connectivity index (χ1n) is 19.4. The van der Waals surface area contributed by atoms with Crippen LogP contribution < -0.4 is 15.5 Å². The van der Waals surface area contributed by atoms with Crippen LogP contribution in [0, 0.1) is 6.57 Å². The molecule has 3 aromatic rings. The number of anilines is 2. The third kappa shape index (κ3) is 6.35. The van der Waals surface area contributed by atoms with Crippen molar-refractivity contribution >= 4 is 46.6 Å². The number of nitrogens with one attached hydrogen (secondary N) is 2. The Bertz CT molecular complexity index is 2230. The molecular weight excluding hydrogens is 743 g/mol. The van der Waals surface area contributed by atoms with Crippen LogP contribution in [-0.2, 0) is 26.1 Å². The number of hydrogen-bond acceptors (Lipinski definition) is 9. The molecule has 1 aliphatic carbocycles. The zero-order valence-corrected chi connectivity index (χ0v) is 30.9. The highest BCUT2D eigenvalue weighted by Crippen LogP contribution is 2.43. The fourth-order valence-corrected chi connectivity index (χ4v) is 9.21. The highest BCUT2D eigenvalue weighted by molar-refractivity contribution is 6.23. The van der Waals surface area contributed by atoms with Crippen LogP contribution in [0.4, 0.5) is 30.2 Å². The second-order valence-corrected chi connectivity index (χ2v) is 16.1. The molecule has 6 heterocycles. The Kier molecular flexibility index (Phi) is 8.96. The molecule has 5 amide bonds. The predicted octanol–water partition coefficient (Wildman–Crippen LogP) is 4.12. The molecule has 1 saturated carbocycles. The molecule has 1 unspecified atom stereocenters. The number of amides is 5. The largest absolute Gasteiger partial charge is 0.407 e. The molecule has 1 atom stereocenters. The number of aromatic nitrogens is 2. The van der Waals surface area contributed by atoms with Crippen LogP contribution in [0.25, 0.3) is 4.85 Å². The van der Waals surface area contributed by atoms with E-state index in [9.17, 15) is 37.1 Å². The van der Waals surface area contributed by atoms with Gasteiger partial charge in [-0.3, -0.25) is 48.7 Å². The summed E-state index contributed by atoms with van der Waals surface area (Å²) >= 11 is 0. The van der Waals surface area contributed by atoms with Gasteiger partial charge in [0.15, 0.2) is 5.69 Å². The van der Waals surface area contributed by atoms with Crippen LogP contribution in [0.1, 0.15) is 82.7 Å². The van der Waals surface area contributed by atoms with Gasteiger partial charge in [-0.2, -0.15) is 18.3 Å². The van der Waals surface area contributed by atoms with Crippen LogP contribution in [0.2, 0.25) is 0 Å². The maximum atomic E-state index is 13.5. The van der Waals surface area contributed by atoms with E-state index in [4.69, 9.17) is 6.57 Å². The molecule has 1 aromatic heterocycles. The number of piperidine rings is 2. The number of likely N-dealkylation sites (tertiary alicyclic amines) is 2. The average Bonchev–Trinajstić information content (AvgIpc) is 3.71. The van der Waals surface area contributed by atoms with E-state index in [-0.39, 0.29) is 35.6 Å². The van der Waals surface area contributed by atoms with E-state index >= 15 is 0 Å². The molecule has 5 fully saturated rings. The van der Waals surface area contributed by atoms with E-state index < -0.39 is 58.5 Å². The number of hydrogen-bond donors (Lipinski definition) is 2. The minimum atomic E-state index is -4.72. The Labute approximate surface area is 325 Å². The van der Waals surface area contributed by atoms with Crippen molar-refractivity contribution < 1.29 is 37.1 Å². The number of nitrogens with zero attached hydrogens (tertiary/aromatic N) is 7. The van der Waals surface area contributed by atoms with Gasteiger partial charge in [0.1, 0.15) is 11.6 Å². The van der Waals surface area contributed by atoms with Crippen LogP contribution in [0.15, 0.2) is 48.8 Å². The normalized spacial score (nSPS) is 23.4. The molecule has 0 spiro atoms. The average molecular weight is 784 g/mol. The summed E-state index contributed by atoms with van der Waals surface area (Å²) in [5, 5.41) is 9.48. The molecule has 2 aromatic carbocycles. The van der Waals surface area contributed by atoms with Crippen molar-refractivity contribution in [3.05, 3.63) is 82.5 Å². The van der Waals surface area contributed by atoms with Crippen molar-refractivity contribution in [1.29, 1.82) is 0 Å². The SMILES string of the molecule is [C-]#[N+]c1ccc(NC(=O)C2(n3cc(C4CCN(C5CN(C6CN(c7ccc8c(c7)C(=O)N(C7CCC(=O)NC7=O)C8=O)C6)C5)CC4)cn3)CCC2)cc1C(F)(F)F. The van der Waals surface area contributed by atoms with Crippen molar-refractivity contribution in [3.63, 3.8) is 0 Å². The topological polar surface area (TPSA) is 145 Å². The monoisotopic (exact) mass is 783 g/mol. The number of alkyl halides is 3. The lowest BCUT2D eigenvalue weighted by Crippen LogP contribution is -2.70. The Morgan fingerprint density at radius 1 is 0.912 bits per heavy atom. The van der Waals surface area contributed by atoms with Crippen LogP contribution >= 0.6 is 0 Å². The number of carbonyl (C=O) groups is 5. The minimum Gasteiger partial charge on any atom is -0.368 e. The van der Waals surface area contributed by atoms with Gasteiger partial charge in [-0.25, -0.2) is 4.85 Å². The second-order valence-electron chi connectivity index (χ2n) is 16.1. The maximum Gasteiger partial charge on any atom is 0.407 e. The summed E-state index contributed by atoms with van der Waals surface area (Å²) in [5.74, 6) is -2.18. The van der Waals surface area contributed by atoms with Crippen molar-refractivity contribution in [1.82, 2.24) is 29.8 Å². The number of fused-ring (bicyclic) bond motifs is 1. The lowest BCUT2D eigenvalue weighted by Gasteiger charge is -2.55. The fourth-order valence-electron chi connectivity index (χ4n) is 9.21. The summed E-state index contributed by atoms with van der Waals surface area (Å²) in [7, 11) is 0. The summed E-state index contributed by atoms with van der Waals surface area (Å²) in [4.78, 5) is 75.0. The third-order valence-corrected chi connectivity index (χ3v) is 12.9. The molecule has 4 saturated heterocycles. The highest BCUT2D eigenvalue weighted by Gasteiger charge is 2.49. The van der Waals surface area contributed by atoms with Crippen molar-refractivity contribution in [2.75, 3.05) is 49.5 Å². The Morgan fingerprint density at radius 2 is 1.63 bits per heavy atom. The summed E-state index contributed by atoms with van der Waals surface area (Å²) < 4.78 is 42.3. The summed E-state index contributed by atoms with van der Waals surface area (Å²) in [6.45, 7) is 12.5. The lowest BCUT2D eigenvalue weighted by atomic mass is 9.76. The van der Waals surface area contributed by atoms with E-state index in [2.05, 4.69) is 35.3 Å². The zero-order valence-electron chi connectivity index (χ0n) is 30.9. The first-order chi connectivity index (χ1) is 27.3. The molecule has 14 nitrogen and oxygen atoms in total. The summed E-state index contributed by atoms with van der Waals surface area (Å²) in [6.07, 6.45) is 2.98. The highest BCUT2D eigenvalue weighted by atomic mass is 19.4. The number of carbonyl (C=O) groups excluding carboxylic acids is 5. The molecule has 0 bridgehead atoms. The van der Waals surface area contributed by atoms with Gasteiger partial charge in [0.05, 0.1) is 29.5 Å². The molecule has 6 aliphatic rings. The van der Waals surface area contributed by atoms with Gasteiger partial charge < -0.3 is 10.2 Å². The van der Waals surface area contributed by atoms with E-state index in [1.807, 2.05) is 18.5 Å². The first-order valence-corrected chi connectivity index (χ1v) is 19.4. The van der Waals surface area contributed by atoms with Gasteiger partial charge in [0.25, 0.3) is 17.7 Å². The van der Waals surface area contributed by atoms with Gasteiger partial charge in [-0.1, -0.05) is 6.07 Å². The smallest absolute Gasteiger partial charge is 0.368 e. The van der Waals surface area contributed by atoms with Gasteiger partial charge in [0, 0.05) is 62.3 Å². The van der Waals surface area contributed by atoms with Crippen LogP contribution in [-0.4, -0.2) is 111 Å². The quantitative estimate of drug-likeness (QED) is 0.255.